The van der Waals surface area contributed by atoms with Gasteiger partial charge in [-0.3, -0.25) is 9.89 Å². The monoisotopic (exact) mass is 711 g/mol. The molecule has 0 aliphatic heterocycles. The van der Waals surface area contributed by atoms with Crippen LogP contribution in [-0.2, 0) is 25.9 Å². The molecular weight excluding hydrogens is 667 g/mol. The Labute approximate surface area is 302 Å². The Morgan fingerprint density at radius 2 is 1.67 bits per heavy atom. The molecule has 0 saturated heterocycles. The molecule has 2 aromatic heterocycles. The van der Waals surface area contributed by atoms with Crippen LogP contribution in [0.2, 0.25) is 0 Å². The number of carbonyl (C=O) groups is 2. The number of amides is 1. The summed E-state index contributed by atoms with van der Waals surface area (Å²) in [5.41, 5.74) is 3.95. The maximum atomic E-state index is 13.8. The molecule has 0 aliphatic rings. The molecule has 268 valence electrons. The summed E-state index contributed by atoms with van der Waals surface area (Å²) in [5.74, 6) is -0.179. The van der Waals surface area contributed by atoms with Crippen LogP contribution in [0.4, 0.5) is 11.4 Å². The normalized spacial score (nSPS) is 11.8. The van der Waals surface area contributed by atoms with Crippen molar-refractivity contribution < 1.29 is 23.5 Å². The number of hydrogen-bond donors (Lipinski definition) is 2. The van der Waals surface area contributed by atoms with E-state index in [1.54, 1.807) is 40.9 Å². The standard InChI is InChI=1S/C38H45N7O5S/c1-6-7-8-9-10-16-23-49-37(47)29-20-15-14-19-27(29)25-39-36(46)30-24-28(51-50-48-5)21-22-31(30)40-41-32-33(38(2,3)4)44-45-34(42-43-35(32)45)26-17-12-11-13-18-26/h11-15,17-22,24,43H,6-10,16,23,25H2,1-5H3,(H,39,46)/b41-40+. The molecule has 0 atom stereocenters. The molecule has 2 heterocycles. The number of rotatable bonds is 17. The van der Waals surface area contributed by atoms with Crippen LogP contribution in [0.1, 0.15) is 98.2 Å². The average Bonchev–Trinajstić information content (AvgIpc) is 3.72. The number of H-pyrrole nitrogens is 1. The fourth-order valence-electron chi connectivity index (χ4n) is 5.47. The van der Waals surface area contributed by atoms with Gasteiger partial charge in [-0.15, -0.1) is 10.2 Å². The number of esters is 1. The lowest BCUT2D eigenvalue weighted by Crippen LogP contribution is -2.24. The van der Waals surface area contributed by atoms with Gasteiger partial charge in [0.1, 0.15) is 0 Å². The first kappa shape index (κ1) is 37.4. The number of unbranched alkanes of at least 4 members (excludes halogenated alkanes) is 5. The first-order chi connectivity index (χ1) is 24.7. The van der Waals surface area contributed by atoms with Gasteiger partial charge in [0.2, 0.25) is 0 Å². The number of hydrogen-bond acceptors (Lipinski definition) is 10. The smallest absolute Gasteiger partial charge is 0.338 e. The molecule has 2 N–H and O–H groups in total. The summed E-state index contributed by atoms with van der Waals surface area (Å²) in [5, 5.41) is 24.6. The second kappa shape index (κ2) is 17.9. The Morgan fingerprint density at radius 1 is 0.922 bits per heavy atom. The highest BCUT2D eigenvalue weighted by molar-refractivity contribution is 7.94. The summed E-state index contributed by atoms with van der Waals surface area (Å²) in [6.07, 6.45) is 6.59. The minimum Gasteiger partial charge on any atom is -0.462 e. The lowest BCUT2D eigenvalue weighted by atomic mass is 9.91. The molecule has 3 aromatic carbocycles. The van der Waals surface area contributed by atoms with Crippen molar-refractivity contribution in [3.8, 4) is 11.4 Å². The van der Waals surface area contributed by atoms with Gasteiger partial charge in [0, 0.05) is 22.4 Å². The van der Waals surface area contributed by atoms with Gasteiger partial charge in [0.05, 0.1) is 48.3 Å². The van der Waals surface area contributed by atoms with E-state index in [0.29, 0.717) is 51.2 Å². The van der Waals surface area contributed by atoms with Crippen molar-refractivity contribution in [1.29, 1.82) is 0 Å². The molecule has 5 aromatic rings. The highest BCUT2D eigenvalue weighted by atomic mass is 32.2. The van der Waals surface area contributed by atoms with E-state index in [2.05, 4.69) is 32.7 Å². The summed E-state index contributed by atoms with van der Waals surface area (Å²) >= 11 is 0.958. The van der Waals surface area contributed by atoms with E-state index < -0.39 is 11.9 Å². The second-order valence-electron chi connectivity index (χ2n) is 13.1. The quantitative estimate of drug-likeness (QED) is 0.0242. The van der Waals surface area contributed by atoms with Crippen molar-refractivity contribution in [1.82, 2.24) is 25.1 Å². The summed E-state index contributed by atoms with van der Waals surface area (Å²) in [7, 11) is 1.40. The zero-order chi connectivity index (χ0) is 36.2. The van der Waals surface area contributed by atoms with Crippen LogP contribution in [0.3, 0.4) is 0 Å². The number of benzene rings is 3. The molecule has 0 radical (unpaired) electrons. The molecule has 13 heteroatoms. The number of ether oxygens (including phenoxy) is 1. The summed E-state index contributed by atoms with van der Waals surface area (Å²) in [6, 6.07) is 22.0. The van der Waals surface area contributed by atoms with E-state index in [0.717, 1.165) is 36.9 Å². The number of aromatic nitrogens is 4. The Hall–Kier alpha value is -4.85. The van der Waals surface area contributed by atoms with Crippen LogP contribution >= 0.6 is 12.0 Å². The zero-order valence-electron chi connectivity index (χ0n) is 29.8. The predicted molar refractivity (Wildman–Crippen MR) is 197 cm³/mol. The molecule has 0 unspecified atom stereocenters. The first-order valence-corrected chi connectivity index (χ1v) is 17.9. The molecular formula is C38H45N7O5S. The first-order valence-electron chi connectivity index (χ1n) is 17.2. The topological polar surface area (TPSA) is 145 Å². The number of fused-ring (bicyclic) bond motifs is 1. The fraction of sp³-hybridized carbons (Fsp3) is 0.368. The van der Waals surface area contributed by atoms with Crippen molar-refractivity contribution in [2.75, 3.05) is 13.7 Å². The van der Waals surface area contributed by atoms with Crippen LogP contribution in [0.25, 0.3) is 17.0 Å². The molecule has 0 fully saturated rings. The number of carbonyl (C=O) groups excluding carboxylic acids is 2. The van der Waals surface area contributed by atoms with Gasteiger partial charge in [-0.25, -0.2) is 9.68 Å². The van der Waals surface area contributed by atoms with Gasteiger partial charge in [-0.05, 0) is 36.2 Å². The van der Waals surface area contributed by atoms with Crippen LogP contribution in [0, 0.1) is 0 Å². The molecule has 0 saturated carbocycles. The molecule has 0 aliphatic carbocycles. The Bertz CT molecular complexity index is 1950. The van der Waals surface area contributed by atoms with Crippen molar-refractivity contribution in [2.24, 2.45) is 10.2 Å². The fourth-order valence-corrected chi connectivity index (χ4v) is 5.91. The largest absolute Gasteiger partial charge is 0.462 e. The summed E-state index contributed by atoms with van der Waals surface area (Å²) in [6.45, 7) is 8.79. The van der Waals surface area contributed by atoms with Gasteiger partial charge >= 0.3 is 5.97 Å². The maximum Gasteiger partial charge on any atom is 0.338 e. The lowest BCUT2D eigenvalue weighted by Gasteiger charge is -2.15. The van der Waals surface area contributed by atoms with E-state index in [-0.39, 0.29) is 17.5 Å². The van der Waals surface area contributed by atoms with Crippen LogP contribution in [-0.4, -0.2) is 45.4 Å². The van der Waals surface area contributed by atoms with Crippen molar-refractivity contribution in [3.63, 3.8) is 0 Å². The van der Waals surface area contributed by atoms with Crippen molar-refractivity contribution in [2.45, 2.75) is 83.1 Å². The van der Waals surface area contributed by atoms with E-state index in [1.807, 2.05) is 57.2 Å². The number of nitrogens with zero attached hydrogens (tertiary/aromatic N) is 5. The molecule has 0 bridgehead atoms. The molecule has 12 nitrogen and oxygen atoms in total. The lowest BCUT2D eigenvalue weighted by molar-refractivity contribution is -0.160. The van der Waals surface area contributed by atoms with Gasteiger partial charge in [-0.1, -0.05) is 108 Å². The van der Waals surface area contributed by atoms with Gasteiger partial charge in [-0.2, -0.15) is 19.0 Å². The van der Waals surface area contributed by atoms with Gasteiger partial charge in [0.25, 0.3) is 5.91 Å². The predicted octanol–water partition coefficient (Wildman–Crippen LogP) is 9.47. The Balaban J connectivity index is 1.38. The molecule has 5 rings (SSSR count). The van der Waals surface area contributed by atoms with E-state index in [1.165, 1.54) is 26.4 Å². The highest BCUT2D eigenvalue weighted by Crippen LogP contribution is 2.37. The average molecular weight is 712 g/mol. The molecule has 51 heavy (non-hydrogen) atoms. The highest BCUT2D eigenvalue weighted by Gasteiger charge is 2.27. The Morgan fingerprint density at radius 3 is 2.43 bits per heavy atom. The van der Waals surface area contributed by atoms with Crippen molar-refractivity contribution >= 4 is 40.9 Å². The van der Waals surface area contributed by atoms with E-state index in [9.17, 15) is 9.59 Å². The van der Waals surface area contributed by atoms with Crippen LogP contribution in [0.15, 0.2) is 87.9 Å². The zero-order valence-corrected chi connectivity index (χ0v) is 30.6. The minimum atomic E-state index is -0.414. The number of azo groups is 1. The molecule has 0 spiro atoms. The van der Waals surface area contributed by atoms with Gasteiger partial charge < -0.3 is 10.1 Å². The third-order valence-corrected chi connectivity index (χ3v) is 8.80. The van der Waals surface area contributed by atoms with Crippen molar-refractivity contribution in [3.05, 3.63) is 95.2 Å². The van der Waals surface area contributed by atoms with Crippen LogP contribution in [0.5, 0.6) is 0 Å². The summed E-state index contributed by atoms with van der Waals surface area (Å²) < 4.78 is 12.4. The minimum absolute atomic E-state index is 0.0955. The van der Waals surface area contributed by atoms with E-state index in [4.69, 9.17) is 19.1 Å². The summed E-state index contributed by atoms with van der Waals surface area (Å²) in [4.78, 5) is 32.1. The third-order valence-electron chi connectivity index (χ3n) is 8.15. The SMILES string of the molecule is CCCCCCCCOC(=O)c1ccccc1CNC(=O)c1cc(SOOC)ccc1/N=N/c1c(C(C)(C)C)nn2c(-c3ccccc3)n[nH]c12. The van der Waals surface area contributed by atoms with Crippen LogP contribution < -0.4 is 5.32 Å². The van der Waals surface area contributed by atoms with Gasteiger partial charge in [0.15, 0.2) is 17.2 Å². The van der Waals surface area contributed by atoms with E-state index >= 15 is 0 Å². The maximum absolute atomic E-state index is 13.8. The molecule has 1 amide bonds. The number of aromatic amines is 1. The second-order valence-corrected chi connectivity index (χ2v) is 13.8. The number of nitrogens with one attached hydrogen (secondary N) is 2. The third kappa shape index (κ3) is 9.69. The Kier molecular flexibility index (Phi) is 13.1.